The Morgan fingerprint density at radius 3 is 2.82 bits per heavy atom. The van der Waals surface area contributed by atoms with Gasteiger partial charge in [0.2, 0.25) is 0 Å². The highest BCUT2D eigenvalue weighted by molar-refractivity contribution is 5.91. The number of hydrogen-bond donors (Lipinski definition) is 1. The van der Waals surface area contributed by atoms with Crippen LogP contribution >= 0.6 is 0 Å². The largest absolute Gasteiger partial charge is 0.462 e. The number of fused-ring (bicyclic) bond motifs is 3. The molecule has 0 radical (unpaired) electrons. The van der Waals surface area contributed by atoms with E-state index in [1.807, 2.05) is 6.92 Å². The van der Waals surface area contributed by atoms with E-state index in [1.165, 1.54) is 6.92 Å². The van der Waals surface area contributed by atoms with Crippen LogP contribution in [0.3, 0.4) is 0 Å². The van der Waals surface area contributed by atoms with Gasteiger partial charge in [-0.15, -0.1) is 0 Å². The highest BCUT2D eigenvalue weighted by Gasteiger charge is 2.58. The summed E-state index contributed by atoms with van der Waals surface area (Å²) in [6.07, 6.45) is 2.12. The highest BCUT2D eigenvalue weighted by Crippen LogP contribution is 2.52. The molecule has 1 aliphatic heterocycles. The molecule has 0 spiro atoms. The van der Waals surface area contributed by atoms with Crippen LogP contribution in [0.25, 0.3) is 0 Å². The minimum Gasteiger partial charge on any atom is -0.462 e. The normalized spacial score (nSPS) is 43.8. The summed E-state index contributed by atoms with van der Waals surface area (Å²) in [5.41, 5.74) is 0.467. The van der Waals surface area contributed by atoms with Crippen molar-refractivity contribution < 1.29 is 24.2 Å². The number of allylic oxidation sites excluding steroid dienone is 1. The first kappa shape index (κ1) is 15.3. The van der Waals surface area contributed by atoms with E-state index in [9.17, 15) is 14.7 Å². The van der Waals surface area contributed by atoms with Crippen LogP contribution in [-0.2, 0) is 19.1 Å². The van der Waals surface area contributed by atoms with Gasteiger partial charge in [0.1, 0.15) is 12.2 Å². The SMILES string of the molecule is C=C1C(=O)O[C@@H]2[C@H]3C(C)=CC[C@@H]3[C@](C)(O)C[C@H](OC(C)=O)[C@@H]12. The lowest BCUT2D eigenvalue weighted by atomic mass is 9.76. The predicted molar refractivity (Wildman–Crippen MR) is 78.7 cm³/mol. The topological polar surface area (TPSA) is 72.8 Å². The van der Waals surface area contributed by atoms with Crippen molar-refractivity contribution in [1.29, 1.82) is 0 Å². The van der Waals surface area contributed by atoms with E-state index in [2.05, 4.69) is 12.7 Å². The minimum atomic E-state index is -0.990. The first-order chi connectivity index (χ1) is 10.2. The monoisotopic (exact) mass is 306 g/mol. The van der Waals surface area contributed by atoms with Gasteiger partial charge < -0.3 is 14.6 Å². The summed E-state index contributed by atoms with van der Waals surface area (Å²) in [5, 5.41) is 10.9. The average Bonchev–Trinajstić information content (AvgIpc) is 2.87. The van der Waals surface area contributed by atoms with Crippen LogP contribution in [0.1, 0.15) is 33.6 Å². The number of rotatable bonds is 1. The Kier molecular flexibility index (Phi) is 3.44. The van der Waals surface area contributed by atoms with Crippen molar-refractivity contribution in [3.63, 3.8) is 0 Å². The third-order valence-electron chi connectivity index (χ3n) is 5.40. The van der Waals surface area contributed by atoms with Crippen LogP contribution in [0.4, 0.5) is 0 Å². The molecular weight excluding hydrogens is 284 g/mol. The molecule has 120 valence electrons. The maximum Gasteiger partial charge on any atom is 0.334 e. The molecule has 0 bridgehead atoms. The lowest BCUT2D eigenvalue weighted by Crippen LogP contribution is -2.40. The van der Waals surface area contributed by atoms with E-state index in [-0.39, 0.29) is 24.2 Å². The molecule has 0 aromatic carbocycles. The van der Waals surface area contributed by atoms with Gasteiger partial charge >= 0.3 is 11.9 Å². The van der Waals surface area contributed by atoms with Crippen LogP contribution in [0.15, 0.2) is 23.8 Å². The van der Waals surface area contributed by atoms with Crippen LogP contribution in [-0.4, -0.2) is 34.9 Å². The van der Waals surface area contributed by atoms with E-state index in [1.54, 1.807) is 6.92 Å². The molecule has 22 heavy (non-hydrogen) atoms. The van der Waals surface area contributed by atoms with Crippen LogP contribution in [0.5, 0.6) is 0 Å². The average molecular weight is 306 g/mol. The zero-order valence-electron chi connectivity index (χ0n) is 13.2. The Balaban J connectivity index is 2.05. The Labute approximate surface area is 130 Å². The molecule has 6 atom stereocenters. The Hall–Kier alpha value is -1.62. The minimum absolute atomic E-state index is 0.0424. The third kappa shape index (κ3) is 2.19. The Morgan fingerprint density at radius 2 is 2.18 bits per heavy atom. The number of carbonyl (C=O) groups excluding carboxylic acids is 2. The zero-order valence-corrected chi connectivity index (χ0v) is 13.2. The molecule has 3 aliphatic rings. The maximum absolute atomic E-state index is 12.0. The quantitative estimate of drug-likeness (QED) is 0.454. The fourth-order valence-corrected chi connectivity index (χ4v) is 4.40. The molecule has 0 aromatic rings. The van der Waals surface area contributed by atoms with Gasteiger partial charge in [0, 0.05) is 30.8 Å². The van der Waals surface area contributed by atoms with Crippen LogP contribution in [0.2, 0.25) is 0 Å². The fraction of sp³-hybridized carbons (Fsp3) is 0.647. The second-order valence-corrected chi connectivity index (χ2v) is 6.95. The molecule has 5 nitrogen and oxygen atoms in total. The van der Waals surface area contributed by atoms with Gasteiger partial charge in [0.05, 0.1) is 11.5 Å². The molecule has 0 unspecified atom stereocenters. The van der Waals surface area contributed by atoms with E-state index in [0.717, 1.165) is 12.0 Å². The lowest BCUT2D eigenvalue weighted by molar-refractivity contribution is -0.152. The van der Waals surface area contributed by atoms with Crippen LogP contribution in [0, 0.1) is 17.8 Å². The first-order valence-corrected chi connectivity index (χ1v) is 7.68. The van der Waals surface area contributed by atoms with Crippen molar-refractivity contribution in [3.05, 3.63) is 23.8 Å². The van der Waals surface area contributed by atoms with Crippen molar-refractivity contribution in [2.75, 3.05) is 0 Å². The van der Waals surface area contributed by atoms with Gasteiger partial charge in [-0.25, -0.2) is 4.79 Å². The summed E-state index contributed by atoms with van der Waals surface area (Å²) in [6, 6.07) is 0. The van der Waals surface area contributed by atoms with E-state index < -0.39 is 29.7 Å². The van der Waals surface area contributed by atoms with Gasteiger partial charge in [0.15, 0.2) is 0 Å². The number of esters is 2. The smallest absolute Gasteiger partial charge is 0.334 e. The van der Waals surface area contributed by atoms with Gasteiger partial charge in [-0.05, 0) is 20.3 Å². The molecule has 1 saturated heterocycles. The van der Waals surface area contributed by atoms with Crippen molar-refractivity contribution in [1.82, 2.24) is 0 Å². The second-order valence-electron chi connectivity index (χ2n) is 6.95. The van der Waals surface area contributed by atoms with E-state index in [4.69, 9.17) is 9.47 Å². The van der Waals surface area contributed by atoms with Crippen molar-refractivity contribution in [2.45, 2.75) is 51.4 Å². The van der Waals surface area contributed by atoms with Crippen molar-refractivity contribution >= 4 is 11.9 Å². The van der Waals surface area contributed by atoms with E-state index >= 15 is 0 Å². The molecule has 2 fully saturated rings. The van der Waals surface area contributed by atoms with Gasteiger partial charge in [-0.1, -0.05) is 18.2 Å². The molecule has 0 amide bonds. The summed E-state index contributed by atoms with van der Waals surface area (Å²) in [5.74, 6) is -1.33. The standard InChI is InChI=1S/C17H22O5/c1-8-5-6-11-13(8)15-14(9(2)16(19)22-15)12(21-10(3)18)7-17(11,4)20/h5,11-15,20H,2,6-7H2,1,3-4H3/t11-,12-,13-,14+,15+,17+/m0/s1. The molecule has 2 aliphatic carbocycles. The summed E-state index contributed by atoms with van der Waals surface area (Å²) in [4.78, 5) is 23.4. The molecule has 1 heterocycles. The van der Waals surface area contributed by atoms with Crippen LogP contribution < -0.4 is 0 Å². The van der Waals surface area contributed by atoms with Gasteiger partial charge in [-0.2, -0.15) is 0 Å². The first-order valence-electron chi connectivity index (χ1n) is 7.68. The Morgan fingerprint density at radius 1 is 1.50 bits per heavy atom. The number of carbonyl (C=O) groups is 2. The summed E-state index contributed by atoms with van der Waals surface area (Å²) >= 11 is 0. The highest BCUT2D eigenvalue weighted by atomic mass is 16.6. The van der Waals surface area contributed by atoms with Gasteiger partial charge in [-0.3, -0.25) is 4.79 Å². The van der Waals surface area contributed by atoms with Crippen molar-refractivity contribution in [3.8, 4) is 0 Å². The third-order valence-corrected chi connectivity index (χ3v) is 5.40. The summed E-state index contributed by atoms with van der Waals surface area (Å²) in [6.45, 7) is 8.95. The zero-order chi connectivity index (χ0) is 16.2. The number of aliphatic hydroxyl groups is 1. The summed E-state index contributed by atoms with van der Waals surface area (Å²) in [7, 11) is 0. The predicted octanol–water partition coefficient (Wildman–Crippen LogP) is 1.75. The molecule has 5 heteroatoms. The molecule has 0 aromatic heterocycles. The van der Waals surface area contributed by atoms with Crippen molar-refractivity contribution in [2.24, 2.45) is 17.8 Å². The number of hydrogen-bond acceptors (Lipinski definition) is 5. The summed E-state index contributed by atoms with van der Waals surface area (Å²) < 4.78 is 11.0. The molecule has 1 N–H and O–H groups in total. The fourth-order valence-electron chi connectivity index (χ4n) is 4.40. The molecule has 3 rings (SSSR count). The van der Waals surface area contributed by atoms with Gasteiger partial charge in [0.25, 0.3) is 0 Å². The van der Waals surface area contributed by atoms with E-state index in [0.29, 0.717) is 5.57 Å². The Bertz CT molecular complexity index is 574. The second kappa shape index (κ2) is 4.95. The number of ether oxygens (including phenoxy) is 2. The lowest BCUT2D eigenvalue weighted by Gasteiger charge is -2.34. The molecular formula is C17H22O5. The maximum atomic E-state index is 12.0. The molecule has 1 saturated carbocycles.